The molecule has 15 heavy (non-hydrogen) atoms. The smallest absolute Gasteiger partial charge is 0.188 e. The monoisotopic (exact) mass is 258 g/mol. The molecule has 2 aromatic rings. The van der Waals surface area contributed by atoms with Crippen LogP contribution in [0.3, 0.4) is 0 Å². The fourth-order valence-corrected chi connectivity index (χ4v) is 2.19. The fraction of sp³-hybridized carbons (Fsp3) is 0.100. The molecule has 0 amide bonds. The minimum Gasteiger partial charge on any atom is -0.331 e. The quantitative estimate of drug-likeness (QED) is 0.858. The number of hydrogen-bond donors (Lipinski definition) is 1. The van der Waals surface area contributed by atoms with Crippen LogP contribution in [0.5, 0.6) is 0 Å². The number of anilines is 2. The van der Waals surface area contributed by atoms with Crippen molar-refractivity contribution in [3.8, 4) is 0 Å². The second-order valence-corrected chi connectivity index (χ2v) is 4.67. The highest BCUT2D eigenvalue weighted by Crippen LogP contribution is 2.28. The Morgan fingerprint density at radius 2 is 2.13 bits per heavy atom. The first-order chi connectivity index (χ1) is 7.16. The summed E-state index contributed by atoms with van der Waals surface area (Å²) < 4.78 is 0. The van der Waals surface area contributed by atoms with E-state index >= 15 is 0 Å². The number of halogens is 2. The minimum absolute atomic E-state index is 0.502. The summed E-state index contributed by atoms with van der Waals surface area (Å²) in [7, 11) is 0. The number of nitrogens with one attached hydrogen (secondary N) is 1. The zero-order valence-electron chi connectivity index (χ0n) is 7.92. The molecule has 0 aliphatic rings. The van der Waals surface area contributed by atoms with Crippen LogP contribution in [0.15, 0.2) is 23.6 Å². The van der Waals surface area contributed by atoms with Gasteiger partial charge in [-0.2, -0.15) is 0 Å². The minimum atomic E-state index is 0.502. The van der Waals surface area contributed by atoms with Crippen molar-refractivity contribution in [3.05, 3.63) is 39.3 Å². The van der Waals surface area contributed by atoms with E-state index in [1.807, 2.05) is 25.1 Å². The Labute approximate surface area is 102 Å². The molecule has 0 saturated heterocycles. The van der Waals surface area contributed by atoms with E-state index in [2.05, 4.69) is 10.3 Å². The molecule has 0 spiro atoms. The zero-order valence-corrected chi connectivity index (χ0v) is 10.2. The van der Waals surface area contributed by atoms with E-state index in [4.69, 9.17) is 23.2 Å². The molecule has 0 fully saturated rings. The van der Waals surface area contributed by atoms with Crippen molar-refractivity contribution in [2.45, 2.75) is 6.92 Å². The Morgan fingerprint density at radius 1 is 1.33 bits per heavy atom. The summed E-state index contributed by atoms with van der Waals surface area (Å²) in [6.45, 7) is 1.96. The first kappa shape index (κ1) is 10.7. The first-order valence-electron chi connectivity index (χ1n) is 4.30. The van der Waals surface area contributed by atoms with Gasteiger partial charge in [-0.1, -0.05) is 29.3 Å². The molecule has 0 saturated carbocycles. The first-order valence-corrected chi connectivity index (χ1v) is 5.93. The number of benzene rings is 1. The molecule has 2 rings (SSSR count). The summed E-state index contributed by atoms with van der Waals surface area (Å²) in [6, 6.07) is 5.71. The molecule has 0 atom stereocenters. The van der Waals surface area contributed by atoms with E-state index in [0.717, 1.165) is 21.4 Å². The Bertz CT molecular complexity index is 482. The lowest BCUT2D eigenvalue weighted by molar-refractivity contribution is 1.36. The van der Waals surface area contributed by atoms with Crippen LogP contribution in [0, 0.1) is 6.92 Å². The predicted octanol–water partition coefficient (Wildman–Crippen LogP) is 4.50. The topological polar surface area (TPSA) is 24.9 Å². The van der Waals surface area contributed by atoms with Crippen LogP contribution in [0.4, 0.5) is 10.8 Å². The molecule has 0 unspecified atom stereocenters. The molecule has 2 nitrogen and oxygen atoms in total. The maximum absolute atomic E-state index is 6.00. The molecule has 0 bridgehead atoms. The number of hydrogen-bond acceptors (Lipinski definition) is 3. The Morgan fingerprint density at radius 3 is 2.80 bits per heavy atom. The molecule has 0 aliphatic carbocycles. The van der Waals surface area contributed by atoms with Gasteiger partial charge in [-0.25, -0.2) is 4.98 Å². The van der Waals surface area contributed by atoms with E-state index in [1.54, 1.807) is 5.38 Å². The standard InChI is InChI=1S/C10H8Cl2N2S/c1-6-7(11)3-2-4-8(6)13-10-14-9(12)5-15-10/h2-5H,1H3,(H,13,14). The van der Waals surface area contributed by atoms with E-state index in [-0.39, 0.29) is 0 Å². The summed E-state index contributed by atoms with van der Waals surface area (Å²) in [6.07, 6.45) is 0. The molecule has 1 N–H and O–H groups in total. The Balaban J connectivity index is 2.28. The van der Waals surface area contributed by atoms with Crippen molar-refractivity contribution < 1.29 is 0 Å². The molecule has 1 aromatic carbocycles. The van der Waals surface area contributed by atoms with Crippen molar-refractivity contribution >= 4 is 45.4 Å². The molecule has 78 valence electrons. The molecular weight excluding hydrogens is 251 g/mol. The summed E-state index contributed by atoms with van der Waals surface area (Å²) >= 11 is 13.2. The third-order valence-corrected chi connectivity index (χ3v) is 3.48. The Hall–Kier alpha value is -0.770. The normalized spacial score (nSPS) is 10.3. The molecular formula is C10H8Cl2N2S. The van der Waals surface area contributed by atoms with Crippen LogP contribution in [0.2, 0.25) is 10.2 Å². The largest absolute Gasteiger partial charge is 0.331 e. The second kappa shape index (κ2) is 4.39. The van der Waals surface area contributed by atoms with Crippen molar-refractivity contribution in [2.24, 2.45) is 0 Å². The van der Waals surface area contributed by atoms with Gasteiger partial charge in [0.25, 0.3) is 0 Å². The van der Waals surface area contributed by atoms with Gasteiger partial charge in [-0.05, 0) is 24.6 Å². The fourth-order valence-electron chi connectivity index (χ4n) is 1.17. The molecule has 0 aliphatic heterocycles. The average Bonchev–Trinajstić information content (AvgIpc) is 2.59. The average molecular weight is 259 g/mol. The van der Waals surface area contributed by atoms with Gasteiger partial charge in [0.05, 0.1) is 0 Å². The molecule has 0 radical (unpaired) electrons. The SMILES string of the molecule is Cc1c(Cl)cccc1Nc1nc(Cl)cs1. The van der Waals surface area contributed by atoms with Crippen LogP contribution >= 0.6 is 34.5 Å². The predicted molar refractivity (Wildman–Crippen MR) is 66.6 cm³/mol. The number of thiazole rings is 1. The Kier molecular flexibility index (Phi) is 3.14. The van der Waals surface area contributed by atoms with Crippen molar-refractivity contribution in [1.29, 1.82) is 0 Å². The lowest BCUT2D eigenvalue weighted by Gasteiger charge is -2.07. The third kappa shape index (κ3) is 2.43. The van der Waals surface area contributed by atoms with E-state index in [0.29, 0.717) is 5.15 Å². The van der Waals surface area contributed by atoms with Gasteiger partial charge in [0.15, 0.2) is 5.13 Å². The van der Waals surface area contributed by atoms with Gasteiger partial charge in [-0.15, -0.1) is 11.3 Å². The number of rotatable bonds is 2. The molecule has 1 heterocycles. The zero-order chi connectivity index (χ0) is 10.8. The number of nitrogens with zero attached hydrogens (tertiary/aromatic N) is 1. The van der Waals surface area contributed by atoms with Crippen molar-refractivity contribution in [3.63, 3.8) is 0 Å². The van der Waals surface area contributed by atoms with Crippen LogP contribution in [-0.2, 0) is 0 Å². The van der Waals surface area contributed by atoms with Crippen LogP contribution in [0.1, 0.15) is 5.56 Å². The highest BCUT2D eigenvalue weighted by molar-refractivity contribution is 7.14. The van der Waals surface area contributed by atoms with Crippen molar-refractivity contribution in [2.75, 3.05) is 5.32 Å². The van der Waals surface area contributed by atoms with Gasteiger partial charge in [0.1, 0.15) is 5.15 Å². The third-order valence-electron chi connectivity index (χ3n) is 1.99. The maximum Gasteiger partial charge on any atom is 0.188 e. The van der Waals surface area contributed by atoms with Crippen LogP contribution in [0.25, 0.3) is 0 Å². The van der Waals surface area contributed by atoms with Gasteiger partial charge < -0.3 is 5.32 Å². The molecule has 5 heteroatoms. The van der Waals surface area contributed by atoms with E-state index < -0.39 is 0 Å². The van der Waals surface area contributed by atoms with Gasteiger partial charge >= 0.3 is 0 Å². The summed E-state index contributed by atoms with van der Waals surface area (Å²) in [5.41, 5.74) is 1.96. The van der Waals surface area contributed by atoms with Gasteiger partial charge in [0, 0.05) is 16.1 Å². The van der Waals surface area contributed by atoms with Gasteiger partial charge in [0.2, 0.25) is 0 Å². The highest BCUT2D eigenvalue weighted by Gasteiger charge is 2.04. The van der Waals surface area contributed by atoms with Crippen molar-refractivity contribution in [1.82, 2.24) is 4.98 Å². The van der Waals surface area contributed by atoms with Crippen LogP contribution in [-0.4, -0.2) is 4.98 Å². The van der Waals surface area contributed by atoms with Crippen LogP contribution < -0.4 is 5.32 Å². The number of aromatic nitrogens is 1. The van der Waals surface area contributed by atoms with E-state index in [9.17, 15) is 0 Å². The lowest BCUT2D eigenvalue weighted by Crippen LogP contribution is -1.92. The lowest BCUT2D eigenvalue weighted by atomic mass is 10.2. The molecule has 1 aromatic heterocycles. The summed E-state index contributed by atoms with van der Waals surface area (Å²) in [5.74, 6) is 0. The second-order valence-electron chi connectivity index (χ2n) is 3.01. The summed E-state index contributed by atoms with van der Waals surface area (Å²) in [4.78, 5) is 4.11. The van der Waals surface area contributed by atoms with E-state index in [1.165, 1.54) is 11.3 Å². The maximum atomic E-state index is 6.00. The highest BCUT2D eigenvalue weighted by atomic mass is 35.5. The summed E-state index contributed by atoms with van der Waals surface area (Å²) in [5, 5.41) is 6.96. The van der Waals surface area contributed by atoms with Gasteiger partial charge in [-0.3, -0.25) is 0 Å².